The minimum absolute atomic E-state index is 0.0580. The van der Waals surface area contributed by atoms with E-state index in [0.29, 0.717) is 11.5 Å². The fourth-order valence-electron chi connectivity index (χ4n) is 3.72. The van der Waals surface area contributed by atoms with Crippen LogP contribution in [-0.4, -0.2) is 38.9 Å². The van der Waals surface area contributed by atoms with Crippen LogP contribution in [0, 0.1) is 0 Å². The highest BCUT2D eigenvalue weighted by atomic mass is 16.5. The molecule has 0 bridgehead atoms. The molecule has 1 aliphatic heterocycles. The zero-order valence-corrected chi connectivity index (χ0v) is 20.0. The van der Waals surface area contributed by atoms with Crippen LogP contribution in [0.1, 0.15) is 64.4 Å². The van der Waals surface area contributed by atoms with Gasteiger partial charge in [0.1, 0.15) is 0 Å². The van der Waals surface area contributed by atoms with Crippen LogP contribution in [0.25, 0.3) is 5.57 Å². The lowest BCUT2D eigenvalue weighted by Gasteiger charge is -2.13. The van der Waals surface area contributed by atoms with Crippen LogP contribution in [0.4, 0.5) is 0 Å². The summed E-state index contributed by atoms with van der Waals surface area (Å²) >= 11 is 0. The number of hydrogen-bond donors (Lipinski definition) is 1. The summed E-state index contributed by atoms with van der Waals surface area (Å²) in [6.07, 6.45) is 16.9. The number of hydrogen-bond acceptors (Lipinski definition) is 4. The maximum atomic E-state index is 12.3. The maximum Gasteiger partial charge on any atom is 0.244 e. The molecular formula is C27H38N2O3. The van der Waals surface area contributed by atoms with Crippen molar-refractivity contribution in [1.82, 2.24) is 5.32 Å². The number of unbranched alkanes of at least 4 members (excludes halogenated alkanes) is 2. The first-order valence-corrected chi connectivity index (χ1v) is 11.6. The fourth-order valence-corrected chi connectivity index (χ4v) is 3.72. The van der Waals surface area contributed by atoms with Crippen molar-refractivity contribution >= 4 is 17.7 Å². The highest BCUT2D eigenvalue weighted by Crippen LogP contribution is 2.32. The SMILES string of the molecule is CCCCCC(=CC=CC(=O)N[C@H](C)CCCC1=CC=NC1)c1ccc(OC)c(OC)c1. The van der Waals surface area contributed by atoms with Gasteiger partial charge in [0.15, 0.2) is 11.5 Å². The zero-order chi connectivity index (χ0) is 23.2. The Morgan fingerprint density at radius 1 is 1.19 bits per heavy atom. The van der Waals surface area contributed by atoms with Gasteiger partial charge in [-0.1, -0.05) is 38.0 Å². The molecule has 1 aliphatic rings. The van der Waals surface area contributed by atoms with Gasteiger partial charge in [0.05, 0.1) is 20.8 Å². The van der Waals surface area contributed by atoms with Gasteiger partial charge in [-0.3, -0.25) is 9.79 Å². The predicted molar refractivity (Wildman–Crippen MR) is 134 cm³/mol. The zero-order valence-electron chi connectivity index (χ0n) is 20.0. The number of nitrogens with zero attached hydrogens (tertiary/aromatic N) is 1. The number of amides is 1. The number of benzene rings is 1. The fraction of sp³-hybridized carbons (Fsp3) is 0.481. The summed E-state index contributed by atoms with van der Waals surface area (Å²) in [5.74, 6) is 1.36. The first kappa shape index (κ1) is 25.4. The van der Waals surface area contributed by atoms with Gasteiger partial charge in [-0.25, -0.2) is 0 Å². The Balaban J connectivity index is 1.94. The van der Waals surface area contributed by atoms with Crippen LogP contribution in [0.5, 0.6) is 11.5 Å². The molecule has 0 spiro atoms. The van der Waals surface area contributed by atoms with Gasteiger partial charge in [0.2, 0.25) is 5.91 Å². The van der Waals surface area contributed by atoms with E-state index in [0.717, 1.165) is 44.2 Å². The predicted octanol–water partition coefficient (Wildman–Crippen LogP) is 5.91. The first-order valence-electron chi connectivity index (χ1n) is 11.6. The molecule has 5 heteroatoms. The highest BCUT2D eigenvalue weighted by molar-refractivity contribution is 5.88. The number of nitrogens with one attached hydrogen (secondary N) is 1. The minimum Gasteiger partial charge on any atom is -0.493 e. The molecule has 0 saturated heterocycles. The molecule has 0 unspecified atom stereocenters. The van der Waals surface area contributed by atoms with E-state index in [1.165, 1.54) is 24.0 Å². The average Bonchev–Trinajstić information content (AvgIpc) is 3.31. The van der Waals surface area contributed by atoms with E-state index in [1.54, 1.807) is 20.3 Å². The lowest BCUT2D eigenvalue weighted by molar-refractivity contribution is -0.117. The van der Waals surface area contributed by atoms with E-state index >= 15 is 0 Å². The van der Waals surface area contributed by atoms with Gasteiger partial charge in [-0.05, 0) is 73.9 Å². The Morgan fingerprint density at radius 3 is 2.69 bits per heavy atom. The van der Waals surface area contributed by atoms with Crippen molar-refractivity contribution in [2.24, 2.45) is 4.99 Å². The van der Waals surface area contributed by atoms with Crippen LogP contribution in [0.2, 0.25) is 0 Å². The van der Waals surface area contributed by atoms with Gasteiger partial charge < -0.3 is 14.8 Å². The molecule has 1 heterocycles. The highest BCUT2D eigenvalue weighted by Gasteiger charge is 2.09. The standard InChI is InChI=1S/C27H38N2O3/c1-5-6-7-12-23(24-15-16-25(31-3)26(19-24)32-4)13-9-14-27(30)29-21(2)10-8-11-22-17-18-28-20-22/h9,13-19,21H,5-8,10-12,20H2,1-4H3,(H,29,30)/t21-/m1/s1. The van der Waals surface area contributed by atoms with Crippen molar-refractivity contribution in [3.05, 3.63) is 53.6 Å². The van der Waals surface area contributed by atoms with Gasteiger partial charge >= 0.3 is 0 Å². The van der Waals surface area contributed by atoms with Crippen molar-refractivity contribution in [2.75, 3.05) is 20.8 Å². The lowest BCUT2D eigenvalue weighted by Crippen LogP contribution is -2.30. The first-order chi connectivity index (χ1) is 15.6. The molecule has 0 radical (unpaired) electrons. The Bertz CT molecular complexity index is 852. The van der Waals surface area contributed by atoms with Crippen LogP contribution >= 0.6 is 0 Å². The Hall–Kier alpha value is -2.82. The second kappa shape index (κ2) is 14.3. The molecule has 0 saturated carbocycles. The molecule has 0 aliphatic carbocycles. The largest absolute Gasteiger partial charge is 0.493 e. The van der Waals surface area contributed by atoms with Gasteiger partial charge in [-0.2, -0.15) is 0 Å². The summed E-state index contributed by atoms with van der Waals surface area (Å²) in [5, 5.41) is 3.06. The number of ether oxygens (including phenoxy) is 2. The third-order valence-corrected chi connectivity index (χ3v) is 5.58. The van der Waals surface area contributed by atoms with E-state index < -0.39 is 0 Å². The van der Waals surface area contributed by atoms with Crippen molar-refractivity contribution in [3.63, 3.8) is 0 Å². The van der Waals surface area contributed by atoms with Gasteiger partial charge in [-0.15, -0.1) is 0 Å². The van der Waals surface area contributed by atoms with Crippen molar-refractivity contribution in [2.45, 2.75) is 64.8 Å². The second-order valence-corrected chi connectivity index (χ2v) is 8.19. The quantitative estimate of drug-likeness (QED) is 0.223. The summed E-state index contributed by atoms with van der Waals surface area (Å²) in [4.78, 5) is 16.5. The third kappa shape index (κ3) is 8.74. The Morgan fingerprint density at radius 2 is 2.00 bits per heavy atom. The molecule has 1 atom stereocenters. The molecular weight excluding hydrogens is 400 g/mol. The number of rotatable bonds is 14. The third-order valence-electron chi connectivity index (χ3n) is 5.58. The van der Waals surface area contributed by atoms with E-state index in [2.05, 4.69) is 30.2 Å². The molecule has 0 fully saturated rings. The normalized spacial score (nSPS) is 14.5. The summed E-state index contributed by atoms with van der Waals surface area (Å²) in [5.41, 5.74) is 3.64. The molecule has 1 N–H and O–H groups in total. The molecule has 2 rings (SSSR count). The maximum absolute atomic E-state index is 12.3. The number of methoxy groups -OCH3 is 2. The lowest BCUT2D eigenvalue weighted by atomic mass is 9.98. The van der Waals surface area contributed by atoms with Crippen molar-refractivity contribution in [1.29, 1.82) is 0 Å². The summed E-state index contributed by atoms with van der Waals surface area (Å²) in [6.45, 7) is 5.08. The molecule has 174 valence electrons. The van der Waals surface area contributed by atoms with Gasteiger partial charge in [0.25, 0.3) is 0 Å². The molecule has 1 aromatic carbocycles. The van der Waals surface area contributed by atoms with Crippen LogP contribution < -0.4 is 14.8 Å². The molecule has 32 heavy (non-hydrogen) atoms. The van der Waals surface area contributed by atoms with Crippen molar-refractivity contribution < 1.29 is 14.3 Å². The minimum atomic E-state index is -0.0580. The smallest absolute Gasteiger partial charge is 0.244 e. The molecule has 1 amide bonds. The molecule has 5 nitrogen and oxygen atoms in total. The van der Waals surface area contributed by atoms with E-state index in [9.17, 15) is 4.79 Å². The van der Waals surface area contributed by atoms with E-state index in [-0.39, 0.29) is 11.9 Å². The van der Waals surface area contributed by atoms with Crippen molar-refractivity contribution in [3.8, 4) is 11.5 Å². The monoisotopic (exact) mass is 438 g/mol. The van der Waals surface area contributed by atoms with E-state index in [4.69, 9.17) is 9.47 Å². The number of carbonyl (C=O) groups excluding carboxylic acids is 1. The van der Waals surface area contributed by atoms with Crippen LogP contribution in [0.3, 0.4) is 0 Å². The summed E-state index contributed by atoms with van der Waals surface area (Å²) in [6, 6.07) is 6.11. The van der Waals surface area contributed by atoms with Crippen LogP contribution in [-0.2, 0) is 4.79 Å². The second-order valence-electron chi connectivity index (χ2n) is 8.19. The van der Waals surface area contributed by atoms with E-state index in [1.807, 2.05) is 36.6 Å². The number of carbonyl (C=O) groups is 1. The number of allylic oxidation sites excluding steroid dienone is 4. The summed E-state index contributed by atoms with van der Waals surface area (Å²) in [7, 11) is 3.28. The number of aliphatic imine (C=N–C) groups is 1. The van der Waals surface area contributed by atoms with Crippen LogP contribution in [0.15, 0.2) is 53.1 Å². The Labute approximate surface area is 193 Å². The Kier molecular flexibility index (Phi) is 11.4. The van der Waals surface area contributed by atoms with Gasteiger partial charge in [0, 0.05) is 18.3 Å². The molecule has 1 aromatic rings. The average molecular weight is 439 g/mol. The summed E-state index contributed by atoms with van der Waals surface area (Å²) < 4.78 is 10.8. The molecule has 0 aromatic heterocycles. The topological polar surface area (TPSA) is 59.9 Å².